The number of ether oxygens (including phenoxy) is 2. The summed E-state index contributed by atoms with van der Waals surface area (Å²) in [6.45, 7) is 0. The average molecular weight is 199 g/mol. The van der Waals surface area contributed by atoms with Gasteiger partial charge in [-0.2, -0.15) is 0 Å². The zero-order valence-corrected chi connectivity index (χ0v) is 8.34. The van der Waals surface area contributed by atoms with Gasteiger partial charge in [-0.1, -0.05) is 11.6 Å². The molecule has 1 aromatic carbocycles. The highest BCUT2D eigenvalue weighted by molar-refractivity contribution is 6.32. The number of benzene rings is 1. The van der Waals surface area contributed by atoms with E-state index >= 15 is 0 Å². The van der Waals surface area contributed by atoms with Crippen LogP contribution in [0.25, 0.3) is 6.08 Å². The highest BCUT2D eigenvalue weighted by atomic mass is 35.5. The third kappa shape index (κ3) is 2.67. The molecule has 3 heteroatoms. The van der Waals surface area contributed by atoms with Crippen LogP contribution >= 0.6 is 11.6 Å². The summed E-state index contributed by atoms with van der Waals surface area (Å²) in [7, 11) is 3.21. The van der Waals surface area contributed by atoms with E-state index in [-0.39, 0.29) is 0 Å². The Morgan fingerprint density at radius 2 is 2.08 bits per heavy atom. The van der Waals surface area contributed by atoms with Gasteiger partial charge in [-0.25, -0.2) is 0 Å². The zero-order chi connectivity index (χ0) is 9.68. The van der Waals surface area contributed by atoms with Crippen LogP contribution in [-0.2, 0) is 4.74 Å². The first kappa shape index (κ1) is 9.93. The molecule has 13 heavy (non-hydrogen) atoms. The maximum Gasteiger partial charge on any atom is 0.119 e. The minimum atomic E-state index is 0.675. The van der Waals surface area contributed by atoms with Gasteiger partial charge >= 0.3 is 0 Å². The molecule has 1 aromatic rings. The number of rotatable bonds is 3. The third-order valence-corrected chi connectivity index (χ3v) is 1.93. The molecule has 0 aliphatic carbocycles. The lowest BCUT2D eigenvalue weighted by Crippen LogP contribution is -1.83. The van der Waals surface area contributed by atoms with Gasteiger partial charge in [0.2, 0.25) is 0 Å². The lowest BCUT2D eigenvalue weighted by molar-refractivity contribution is 0.341. The van der Waals surface area contributed by atoms with E-state index in [0.717, 1.165) is 11.3 Å². The van der Waals surface area contributed by atoms with Crippen molar-refractivity contribution in [3.05, 3.63) is 35.0 Å². The summed E-state index contributed by atoms with van der Waals surface area (Å²) in [6, 6.07) is 5.44. The first-order chi connectivity index (χ1) is 6.27. The molecule has 70 valence electrons. The zero-order valence-electron chi connectivity index (χ0n) is 7.58. The third-order valence-electron chi connectivity index (χ3n) is 1.59. The molecular weight excluding hydrogens is 188 g/mol. The van der Waals surface area contributed by atoms with Crippen molar-refractivity contribution in [2.24, 2.45) is 0 Å². The van der Waals surface area contributed by atoms with Gasteiger partial charge in [0.05, 0.1) is 20.5 Å². The van der Waals surface area contributed by atoms with Crippen molar-refractivity contribution in [1.82, 2.24) is 0 Å². The highest BCUT2D eigenvalue weighted by Crippen LogP contribution is 2.22. The molecule has 0 unspecified atom stereocenters. The van der Waals surface area contributed by atoms with E-state index in [4.69, 9.17) is 21.1 Å². The molecule has 0 saturated carbocycles. The van der Waals surface area contributed by atoms with Gasteiger partial charge in [-0.3, -0.25) is 0 Å². The number of halogens is 1. The molecule has 0 bridgehead atoms. The Labute approximate surface area is 82.7 Å². The van der Waals surface area contributed by atoms with Crippen LogP contribution in [0.5, 0.6) is 5.75 Å². The predicted octanol–water partition coefficient (Wildman–Crippen LogP) is 2.97. The first-order valence-electron chi connectivity index (χ1n) is 3.81. The maximum atomic E-state index is 5.93. The normalized spacial score (nSPS) is 10.4. The Morgan fingerprint density at radius 3 is 2.69 bits per heavy atom. The van der Waals surface area contributed by atoms with Gasteiger partial charge in [0.25, 0.3) is 0 Å². The second-order valence-corrected chi connectivity index (χ2v) is 2.83. The monoisotopic (exact) mass is 198 g/mol. The van der Waals surface area contributed by atoms with Crippen molar-refractivity contribution < 1.29 is 9.47 Å². The molecule has 1 rings (SSSR count). The Kier molecular flexibility index (Phi) is 3.65. The largest absolute Gasteiger partial charge is 0.504 e. The molecular formula is C10H11ClO2. The van der Waals surface area contributed by atoms with Crippen molar-refractivity contribution in [3.8, 4) is 5.75 Å². The van der Waals surface area contributed by atoms with Gasteiger partial charge in [0.15, 0.2) is 0 Å². The SMILES string of the molecule is CO/C=C/c1cc(OC)ccc1Cl. The van der Waals surface area contributed by atoms with Crippen LogP contribution in [0, 0.1) is 0 Å². The minimum absolute atomic E-state index is 0.675. The van der Waals surface area contributed by atoms with Crippen molar-refractivity contribution >= 4 is 17.7 Å². The van der Waals surface area contributed by atoms with Crippen molar-refractivity contribution in [2.75, 3.05) is 14.2 Å². The van der Waals surface area contributed by atoms with Crippen LogP contribution in [0.1, 0.15) is 5.56 Å². The Balaban J connectivity index is 2.97. The van der Waals surface area contributed by atoms with Crippen LogP contribution in [-0.4, -0.2) is 14.2 Å². The average Bonchev–Trinajstić information content (AvgIpc) is 2.17. The quantitative estimate of drug-likeness (QED) is 0.696. The van der Waals surface area contributed by atoms with Crippen molar-refractivity contribution in [1.29, 1.82) is 0 Å². The van der Waals surface area contributed by atoms with Gasteiger partial charge in [-0.05, 0) is 29.8 Å². The molecule has 0 heterocycles. The molecule has 0 N–H and O–H groups in total. The van der Waals surface area contributed by atoms with Gasteiger partial charge in [0.1, 0.15) is 5.75 Å². The summed E-state index contributed by atoms with van der Waals surface area (Å²) < 4.78 is 9.85. The van der Waals surface area contributed by atoms with Crippen LogP contribution in [0.4, 0.5) is 0 Å². The molecule has 0 aromatic heterocycles. The number of hydrogen-bond donors (Lipinski definition) is 0. The molecule has 0 fully saturated rings. The Morgan fingerprint density at radius 1 is 1.31 bits per heavy atom. The van der Waals surface area contributed by atoms with Crippen LogP contribution in [0.3, 0.4) is 0 Å². The second kappa shape index (κ2) is 4.77. The summed E-state index contributed by atoms with van der Waals surface area (Å²) in [6.07, 6.45) is 3.35. The van der Waals surface area contributed by atoms with Crippen LogP contribution < -0.4 is 4.74 Å². The summed E-state index contributed by atoms with van der Waals surface area (Å²) in [4.78, 5) is 0. The standard InChI is InChI=1S/C10H11ClO2/c1-12-6-5-8-7-9(13-2)3-4-10(8)11/h3-7H,1-2H3/b6-5+. The van der Waals surface area contributed by atoms with E-state index in [1.54, 1.807) is 32.6 Å². The van der Waals surface area contributed by atoms with Crippen LogP contribution in [0.15, 0.2) is 24.5 Å². The molecule has 0 saturated heterocycles. The summed E-state index contributed by atoms with van der Waals surface area (Å²) in [5.74, 6) is 0.778. The second-order valence-electron chi connectivity index (χ2n) is 2.43. The van der Waals surface area contributed by atoms with E-state index < -0.39 is 0 Å². The molecule has 0 atom stereocenters. The lowest BCUT2D eigenvalue weighted by Gasteiger charge is -2.02. The highest BCUT2D eigenvalue weighted by Gasteiger charge is 1.98. The first-order valence-corrected chi connectivity index (χ1v) is 4.18. The summed E-state index contributed by atoms with van der Waals surface area (Å²) in [5, 5.41) is 0.675. The van der Waals surface area contributed by atoms with E-state index in [9.17, 15) is 0 Å². The minimum Gasteiger partial charge on any atom is -0.504 e. The smallest absolute Gasteiger partial charge is 0.119 e. The molecule has 0 radical (unpaired) electrons. The Hall–Kier alpha value is -1.15. The molecule has 0 aliphatic heterocycles. The molecule has 0 spiro atoms. The maximum absolute atomic E-state index is 5.93. The molecule has 0 aliphatic rings. The summed E-state index contributed by atoms with van der Waals surface area (Å²) >= 11 is 5.93. The topological polar surface area (TPSA) is 18.5 Å². The van der Waals surface area contributed by atoms with Gasteiger partial charge in [-0.15, -0.1) is 0 Å². The fourth-order valence-corrected chi connectivity index (χ4v) is 1.10. The van der Waals surface area contributed by atoms with E-state index in [2.05, 4.69) is 0 Å². The fraction of sp³-hybridized carbons (Fsp3) is 0.200. The summed E-state index contributed by atoms with van der Waals surface area (Å²) in [5.41, 5.74) is 0.878. The van der Waals surface area contributed by atoms with Crippen molar-refractivity contribution in [3.63, 3.8) is 0 Å². The molecule has 2 nitrogen and oxygen atoms in total. The van der Waals surface area contributed by atoms with Crippen molar-refractivity contribution in [2.45, 2.75) is 0 Å². The van der Waals surface area contributed by atoms with E-state index in [1.165, 1.54) is 0 Å². The predicted molar refractivity (Wildman–Crippen MR) is 54.0 cm³/mol. The van der Waals surface area contributed by atoms with Crippen LogP contribution in [0.2, 0.25) is 5.02 Å². The fourth-order valence-electron chi connectivity index (χ4n) is 0.918. The number of hydrogen-bond acceptors (Lipinski definition) is 2. The van der Waals surface area contributed by atoms with E-state index in [0.29, 0.717) is 5.02 Å². The number of methoxy groups -OCH3 is 2. The molecule has 0 amide bonds. The van der Waals surface area contributed by atoms with Gasteiger partial charge in [0, 0.05) is 5.02 Å². The Bertz CT molecular complexity index is 308. The van der Waals surface area contributed by atoms with E-state index in [1.807, 2.05) is 12.1 Å². The lowest BCUT2D eigenvalue weighted by atomic mass is 10.2. The van der Waals surface area contributed by atoms with Gasteiger partial charge < -0.3 is 9.47 Å².